The highest BCUT2D eigenvalue weighted by Crippen LogP contribution is 2.43. The number of fused-ring (bicyclic) bond motifs is 5. The molecule has 164 valence electrons. The van der Waals surface area contributed by atoms with Crippen molar-refractivity contribution < 1.29 is 24.1 Å². The maximum absolute atomic E-state index is 14.7. The highest BCUT2D eigenvalue weighted by Gasteiger charge is 2.45. The van der Waals surface area contributed by atoms with Crippen molar-refractivity contribution in [1.29, 1.82) is 0 Å². The van der Waals surface area contributed by atoms with Gasteiger partial charge in [-0.1, -0.05) is 6.92 Å². The number of cyclic esters (lactones) is 1. The number of aliphatic hydroxyl groups is 2. The van der Waals surface area contributed by atoms with Gasteiger partial charge in [0.25, 0.3) is 5.56 Å². The Kier molecular flexibility index (Phi) is 3.95. The van der Waals surface area contributed by atoms with Crippen molar-refractivity contribution in [1.82, 2.24) is 9.55 Å². The van der Waals surface area contributed by atoms with Gasteiger partial charge in [0.05, 0.1) is 35.6 Å². The van der Waals surface area contributed by atoms with E-state index >= 15 is 0 Å². The molecule has 1 atom stereocenters. The zero-order valence-electron chi connectivity index (χ0n) is 17.5. The molecule has 7 nitrogen and oxygen atoms in total. The summed E-state index contributed by atoms with van der Waals surface area (Å²) in [5, 5.41) is 21.6. The summed E-state index contributed by atoms with van der Waals surface area (Å²) in [6, 6.07) is 3.01. The summed E-state index contributed by atoms with van der Waals surface area (Å²) in [6.07, 6.45) is 2.33. The van der Waals surface area contributed by atoms with Crippen LogP contribution >= 0.6 is 0 Å². The molecule has 2 aliphatic heterocycles. The monoisotopic (exact) mass is 436 g/mol. The molecule has 1 aromatic carbocycles. The van der Waals surface area contributed by atoms with E-state index < -0.39 is 17.4 Å². The number of pyridine rings is 2. The van der Waals surface area contributed by atoms with Crippen molar-refractivity contribution in [3.63, 3.8) is 0 Å². The molecule has 32 heavy (non-hydrogen) atoms. The summed E-state index contributed by atoms with van der Waals surface area (Å²) < 4.78 is 21.4. The van der Waals surface area contributed by atoms with Gasteiger partial charge in [-0.15, -0.1) is 0 Å². The topological polar surface area (TPSA) is 102 Å². The number of aliphatic hydroxyl groups excluding tert-OH is 1. The number of halogens is 1. The maximum atomic E-state index is 14.7. The van der Waals surface area contributed by atoms with Crippen LogP contribution in [0.15, 0.2) is 16.9 Å². The number of rotatable bonds is 2. The first-order chi connectivity index (χ1) is 15.4. The van der Waals surface area contributed by atoms with Crippen LogP contribution in [0.1, 0.15) is 53.1 Å². The summed E-state index contributed by atoms with van der Waals surface area (Å²) in [6.45, 7) is 1.43. The largest absolute Gasteiger partial charge is 0.458 e. The van der Waals surface area contributed by atoms with Gasteiger partial charge < -0.3 is 19.5 Å². The molecule has 0 fully saturated rings. The zero-order chi connectivity index (χ0) is 22.4. The number of ether oxygens (including phenoxy) is 1. The minimum Gasteiger partial charge on any atom is -0.458 e. The van der Waals surface area contributed by atoms with Crippen LogP contribution in [0, 0.1) is 5.82 Å². The molecule has 0 unspecified atom stereocenters. The molecule has 6 rings (SSSR count). The Bertz CT molecular complexity index is 1430. The molecular weight excluding hydrogens is 415 g/mol. The van der Waals surface area contributed by atoms with Gasteiger partial charge >= 0.3 is 5.97 Å². The predicted octanol–water partition coefficient (Wildman–Crippen LogP) is 2.20. The Balaban J connectivity index is 1.67. The van der Waals surface area contributed by atoms with Crippen molar-refractivity contribution >= 4 is 16.9 Å². The first-order valence-corrected chi connectivity index (χ1v) is 10.8. The van der Waals surface area contributed by atoms with Gasteiger partial charge in [0.2, 0.25) is 0 Å². The quantitative estimate of drug-likeness (QED) is 0.467. The van der Waals surface area contributed by atoms with Crippen LogP contribution in [0.3, 0.4) is 0 Å². The van der Waals surface area contributed by atoms with Crippen LogP contribution in [0.4, 0.5) is 4.39 Å². The molecule has 0 saturated carbocycles. The molecule has 8 heteroatoms. The number of carbonyl (C=O) groups excluding carboxylic acids is 1. The molecule has 4 heterocycles. The first-order valence-electron chi connectivity index (χ1n) is 10.8. The highest BCUT2D eigenvalue weighted by molar-refractivity contribution is 5.92. The first kappa shape index (κ1) is 19.6. The number of esters is 1. The lowest BCUT2D eigenvalue weighted by atomic mass is 9.84. The van der Waals surface area contributed by atoms with Gasteiger partial charge in [0.1, 0.15) is 12.4 Å². The van der Waals surface area contributed by atoms with Crippen LogP contribution in [-0.2, 0) is 47.7 Å². The summed E-state index contributed by atoms with van der Waals surface area (Å²) in [7, 11) is 0. The van der Waals surface area contributed by atoms with E-state index in [9.17, 15) is 24.2 Å². The number of aromatic nitrogens is 2. The van der Waals surface area contributed by atoms with Crippen molar-refractivity contribution in [2.24, 2.45) is 0 Å². The Morgan fingerprint density at radius 3 is 2.72 bits per heavy atom. The SMILES string of the molecule is CC[C@@]1(O)C(=O)OCc2c1cc1n(c2=O)Cc2c-1nc1cc(F)c(CO)c3c1c2CCC3. The summed E-state index contributed by atoms with van der Waals surface area (Å²) >= 11 is 0. The number of hydrogen-bond donors (Lipinski definition) is 2. The van der Waals surface area contributed by atoms with Crippen LogP contribution in [0.25, 0.3) is 22.3 Å². The third-order valence-corrected chi connectivity index (χ3v) is 7.27. The second-order valence-corrected chi connectivity index (χ2v) is 8.74. The Morgan fingerprint density at radius 2 is 1.97 bits per heavy atom. The van der Waals surface area contributed by atoms with Crippen molar-refractivity contribution in [3.8, 4) is 11.4 Å². The van der Waals surface area contributed by atoms with E-state index in [2.05, 4.69) is 0 Å². The van der Waals surface area contributed by atoms with Crippen LogP contribution in [-0.4, -0.2) is 25.7 Å². The molecule has 2 N–H and O–H groups in total. The number of hydrogen-bond acceptors (Lipinski definition) is 6. The minimum absolute atomic E-state index is 0.0729. The molecule has 0 saturated heterocycles. The third kappa shape index (κ3) is 2.28. The van der Waals surface area contributed by atoms with Gasteiger partial charge in [-0.2, -0.15) is 0 Å². The molecule has 0 radical (unpaired) electrons. The average molecular weight is 436 g/mol. The van der Waals surface area contributed by atoms with E-state index in [1.165, 1.54) is 6.07 Å². The fourth-order valence-corrected chi connectivity index (χ4v) is 5.59. The lowest BCUT2D eigenvalue weighted by Gasteiger charge is -2.31. The molecule has 3 aliphatic rings. The predicted molar refractivity (Wildman–Crippen MR) is 112 cm³/mol. The second kappa shape index (κ2) is 6.46. The molecule has 3 aromatic rings. The van der Waals surface area contributed by atoms with Crippen molar-refractivity contribution in [2.75, 3.05) is 0 Å². The molecule has 1 aliphatic carbocycles. The van der Waals surface area contributed by atoms with Crippen LogP contribution in [0.5, 0.6) is 0 Å². The number of aryl methyl sites for hydroxylation is 2. The number of nitrogens with zero attached hydrogens (tertiary/aromatic N) is 2. The van der Waals surface area contributed by atoms with Gasteiger partial charge in [-0.05, 0) is 42.9 Å². The molecule has 0 bridgehead atoms. The van der Waals surface area contributed by atoms with Crippen LogP contribution in [0.2, 0.25) is 0 Å². The summed E-state index contributed by atoms with van der Waals surface area (Å²) in [5.41, 5.74) is 2.96. The zero-order valence-corrected chi connectivity index (χ0v) is 17.5. The van der Waals surface area contributed by atoms with Crippen molar-refractivity contribution in [3.05, 3.63) is 61.7 Å². The van der Waals surface area contributed by atoms with E-state index in [1.807, 2.05) is 0 Å². The molecule has 0 amide bonds. The van der Waals surface area contributed by atoms with Gasteiger partial charge in [0.15, 0.2) is 5.60 Å². The fourth-order valence-electron chi connectivity index (χ4n) is 5.59. The summed E-state index contributed by atoms with van der Waals surface area (Å²) in [5.74, 6) is -1.25. The van der Waals surface area contributed by atoms with E-state index in [-0.39, 0.29) is 36.3 Å². The Labute approximate surface area is 182 Å². The van der Waals surface area contributed by atoms with Gasteiger partial charge in [-0.25, -0.2) is 14.2 Å². The summed E-state index contributed by atoms with van der Waals surface area (Å²) in [4.78, 5) is 30.4. The van der Waals surface area contributed by atoms with E-state index in [4.69, 9.17) is 9.72 Å². The fraction of sp³-hybridized carbons (Fsp3) is 0.375. The maximum Gasteiger partial charge on any atom is 0.343 e. The van der Waals surface area contributed by atoms with Gasteiger partial charge in [-0.3, -0.25) is 4.79 Å². The minimum atomic E-state index is -1.88. The Morgan fingerprint density at radius 1 is 1.19 bits per heavy atom. The van der Waals surface area contributed by atoms with Crippen LogP contribution < -0.4 is 5.56 Å². The highest BCUT2D eigenvalue weighted by atomic mass is 19.1. The number of benzene rings is 1. The average Bonchev–Trinajstić information content (AvgIpc) is 3.16. The Hall–Kier alpha value is -3.10. The lowest BCUT2D eigenvalue weighted by molar-refractivity contribution is -0.172. The van der Waals surface area contributed by atoms with E-state index in [0.717, 1.165) is 34.9 Å². The molecular formula is C24H21FN2O5. The van der Waals surface area contributed by atoms with Gasteiger partial charge in [0, 0.05) is 28.1 Å². The van der Waals surface area contributed by atoms with Crippen molar-refractivity contribution in [2.45, 2.75) is 58.0 Å². The number of carbonyl (C=O) groups is 1. The smallest absolute Gasteiger partial charge is 0.343 e. The normalized spacial score (nSPS) is 20.7. The molecule has 2 aromatic heterocycles. The lowest BCUT2D eigenvalue weighted by Crippen LogP contribution is -2.44. The third-order valence-electron chi connectivity index (χ3n) is 7.27. The van der Waals surface area contributed by atoms with E-state index in [0.29, 0.717) is 35.4 Å². The second-order valence-electron chi connectivity index (χ2n) is 8.74. The standard InChI is InChI=1S/C24H21FN2O5/c1-2-24(31)16-6-19-21-13(8-27(19)22(29)15(16)10-32-23(24)30)11-4-3-5-12-14(9-28)17(25)7-18(26-21)20(11)12/h6-7,28,31H,2-5,8-10H2,1H3/t24-/m0/s1. The van der Waals surface area contributed by atoms with E-state index in [1.54, 1.807) is 17.6 Å². The molecule has 0 spiro atoms.